The van der Waals surface area contributed by atoms with Gasteiger partial charge in [-0.15, -0.1) is 0 Å². The Bertz CT molecular complexity index is 180. The Morgan fingerprint density at radius 2 is 2.00 bits per heavy atom. The predicted octanol–water partition coefficient (Wildman–Crippen LogP) is -0.837. The number of nitrogens with two attached hydrogens (primary N) is 1. The van der Waals surface area contributed by atoms with Gasteiger partial charge in [-0.3, -0.25) is 9.36 Å². The van der Waals surface area contributed by atoms with Crippen molar-refractivity contribution in [3.63, 3.8) is 0 Å². The average molecular weight is 151 g/mol. The van der Waals surface area contributed by atoms with E-state index in [9.17, 15) is 9.36 Å². The zero-order valence-corrected chi connectivity index (χ0v) is 5.28. The van der Waals surface area contributed by atoms with Gasteiger partial charge in [0.1, 0.15) is 0 Å². The van der Waals surface area contributed by atoms with E-state index in [1.807, 2.05) is 0 Å². The third kappa shape index (κ3) is 7.36. The fourth-order valence-electron chi connectivity index (χ4n) is 0.171. The van der Waals surface area contributed by atoms with Crippen LogP contribution >= 0.6 is 7.60 Å². The zero-order chi connectivity index (χ0) is 7.49. The van der Waals surface area contributed by atoms with Crippen molar-refractivity contribution < 1.29 is 19.1 Å². The third-order valence-corrected chi connectivity index (χ3v) is 0.970. The Labute approximate surface area is 51.3 Å². The van der Waals surface area contributed by atoms with E-state index in [0.717, 1.165) is 0 Å². The topological polar surface area (TPSA) is 101 Å². The lowest BCUT2D eigenvalue weighted by Crippen LogP contribution is -2.05. The maximum atomic E-state index is 9.94. The van der Waals surface area contributed by atoms with Crippen molar-refractivity contribution in [3.05, 3.63) is 11.9 Å². The van der Waals surface area contributed by atoms with Crippen molar-refractivity contribution in [2.45, 2.75) is 0 Å². The number of carbonyl (C=O) groups is 1. The van der Waals surface area contributed by atoms with Crippen molar-refractivity contribution >= 4 is 13.5 Å². The summed E-state index contributed by atoms with van der Waals surface area (Å²) in [4.78, 5) is 26.0. The molecule has 0 heterocycles. The molecular formula is C3H6NO4P. The van der Waals surface area contributed by atoms with Gasteiger partial charge < -0.3 is 15.5 Å². The molecule has 0 atom stereocenters. The summed E-state index contributed by atoms with van der Waals surface area (Å²) in [6.07, 6.45) is 0.626. The second-order valence-corrected chi connectivity index (χ2v) is 2.78. The number of carbonyl (C=O) groups excluding carboxylic acids is 1. The Morgan fingerprint density at radius 3 is 2.11 bits per heavy atom. The first-order valence-corrected chi connectivity index (χ1v) is 3.64. The van der Waals surface area contributed by atoms with Gasteiger partial charge in [-0.2, -0.15) is 0 Å². The van der Waals surface area contributed by atoms with Crippen LogP contribution in [0.3, 0.4) is 0 Å². The average Bonchev–Trinajstić information content (AvgIpc) is 1.59. The molecule has 0 aliphatic heterocycles. The fourth-order valence-corrected chi connectivity index (χ4v) is 0.512. The van der Waals surface area contributed by atoms with Gasteiger partial charge in [0, 0.05) is 11.9 Å². The molecule has 9 heavy (non-hydrogen) atoms. The number of rotatable bonds is 2. The second kappa shape index (κ2) is 2.77. The zero-order valence-electron chi connectivity index (χ0n) is 4.39. The van der Waals surface area contributed by atoms with Gasteiger partial charge in [-0.05, 0) is 0 Å². The van der Waals surface area contributed by atoms with E-state index in [2.05, 4.69) is 5.73 Å². The number of hydrogen-bond donors (Lipinski definition) is 3. The molecule has 52 valence electrons. The van der Waals surface area contributed by atoms with Gasteiger partial charge in [0.25, 0.3) is 0 Å². The minimum atomic E-state index is -4.20. The van der Waals surface area contributed by atoms with Crippen molar-refractivity contribution in [1.29, 1.82) is 0 Å². The van der Waals surface area contributed by atoms with E-state index in [1.165, 1.54) is 0 Å². The maximum Gasteiger partial charge on any atom is 0.349 e. The quantitative estimate of drug-likeness (QED) is 0.354. The molecular weight excluding hydrogens is 145 g/mol. The van der Waals surface area contributed by atoms with Crippen LogP contribution in [0.1, 0.15) is 0 Å². The normalized spacial score (nSPS) is 12.2. The van der Waals surface area contributed by atoms with Crippen LogP contribution in [0.4, 0.5) is 0 Å². The molecule has 0 spiro atoms. The minimum Gasteiger partial charge on any atom is -0.366 e. The van der Waals surface area contributed by atoms with Crippen molar-refractivity contribution in [2.24, 2.45) is 5.73 Å². The highest BCUT2D eigenvalue weighted by Crippen LogP contribution is 2.35. The van der Waals surface area contributed by atoms with E-state index in [0.29, 0.717) is 11.9 Å². The summed E-state index contributed by atoms with van der Waals surface area (Å²) in [5, 5.41) is 0. The van der Waals surface area contributed by atoms with Crippen LogP contribution in [-0.2, 0) is 9.36 Å². The summed E-state index contributed by atoms with van der Waals surface area (Å²) in [7, 11) is -4.20. The van der Waals surface area contributed by atoms with Crippen molar-refractivity contribution in [3.8, 4) is 0 Å². The van der Waals surface area contributed by atoms with Crippen molar-refractivity contribution in [1.82, 2.24) is 0 Å². The molecule has 1 amide bonds. The number of hydrogen-bond acceptors (Lipinski definition) is 2. The standard InChI is InChI=1S/C3H6NO4P/c4-3(5)1-2-9(6,7)8/h1-2H,(H2,4,5)(H2,6,7,8)/b2-1+. The lowest BCUT2D eigenvalue weighted by molar-refractivity contribution is -0.113. The largest absolute Gasteiger partial charge is 0.366 e. The van der Waals surface area contributed by atoms with E-state index >= 15 is 0 Å². The van der Waals surface area contributed by atoms with Crippen LogP contribution in [0.2, 0.25) is 0 Å². The van der Waals surface area contributed by atoms with E-state index < -0.39 is 13.5 Å². The van der Waals surface area contributed by atoms with Gasteiger partial charge in [0.05, 0.1) is 0 Å². The van der Waals surface area contributed by atoms with E-state index in [4.69, 9.17) is 9.79 Å². The smallest absolute Gasteiger partial charge is 0.349 e. The predicted molar refractivity (Wildman–Crippen MR) is 30.4 cm³/mol. The van der Waals surface area contributed by atoms with Gasteiger partial charge in [0.2, 0.25) is 5.91 Å². The lowest BCUT2D eigenvalue weighted by atomic mass is 10.6. The first-order chi connectivity index (χ1) is 3.92. The summed E-state index contributed by atoms with van der Waals surface area (Å²) in [5.41, 5.74) is 4.53. The van der Waals surface area contributed by atoms with Crippen LogP contribution in [0.15, 0.2) is 11.9 Å². The molecule has 5 nitrogen and oxygen atoms in total. The molecule has 0 aliphatic carbocycles. The first-order valence-electron chi connectivity index (χ1n) is 1.96. The Morgan fingerprint density at radius 1 is 1.56 bits per heavy atom. The Kier molecular flexibility index (Phi) is 2.58. The molecule has 0 aromatic heterocycles. The van der Waals surface area contributed by atoms with E-state index in [1.54, 1.807) is 0 Å². The number of amides is 1. The molecule has 0 aliphatic rings. The molecule has 0 fully saturated rings. The summed E-state index contributed by atoms with van der Waals surface area (Å²) in [6, 6.07) is 0. The molecule has 6 heteroatoms. The summed E-state index contributed by atoms with van der Waals surface area (Å²) in [5.74, 6) is -0.423. The lowest BCUT2D eigenvalue weighted by Gasteiger charge is -1.90. The molecule has 0 saturated heterocycles. The Balaban J connectivity index is 4.02. The number of primary amides is 1. The molecule has 0 radical (unpaired) electrons. The molecule has 0 rings (SSSR count). The van der Waals surface area contributed by atoms with Crippen LogP contribution in [0.25, 0.3) is 0 Å². The third-order valence-electron chi connectivity index (χ3n) is 0.433. The van der Waals surface area contributed by atoms with Crippen LogP contribution in [-0.4, -0.2) is 15.7 Å². The molecule has 4 N–H and O–H groups in total. The van der Waals surface area contributed by atoms with Gasteiger partial charge in [0.15, 0.2) is 0 Å². The Hall–Kier alpha value is -0.640. The van der Waals surface area contributed by atoms with Gasteiger partial charge in [-0.1, -0.05) is 0 Å². The van der Waals surface area contributed by atoms with Crippen LogP contribution in [0, 0.1) is 0 Å². The fraction of sp³-hybridized carbons (Fsp3) is 0. The maximum absolute atomic E-state index is 9.94. The summed E-state index contributed by atoms with van der Waals surface area (Å²) in [6.45, 7) is 0. The summed E-state index contributed by atoms with van der Waals surface area (Å²) < 4.78 is 9.94. The minimum absolute atomic E-state index is 0.454. The SMILES string of the molecule is NC(=O)/C=C/P(=O)(O)O. The molecule has 0 saturated carbocycles. The van der Waals surface area contributed by atoms with Gasteiger partial charge >= 0.3 is 7.60 Å². The molecule has 0 unspecified atom stereocenters. The monoisotopic (exact) mass is 151 g/mol. The molecule has 0 bridgehead atoms. The highest BCUT2D eigenvalue weighted by atomic mass is 31.2. The van der Waals surface area contributed by atoms with E-state index in [-0.39, 0.29) is 0 Å². The molecule has 0 aromatic carbocycles. The summed E-state index contributed by atoms with van der Waals surface area (Å²) >= 11 is 0. The molecule has 0 aromatic rings. The van der Waals surface area contributed by atoms with Crippen molar-refractivity contribution in [2.75, 3.05) is 0 Å². The second-order valence-electron chi connectivity index (χ2n) is 1.31. The highest BCUT2D eigenvalue weighted by molar-refractivity contribution is 7.55. The first kappa shape index (κ1) is 8.36. The van der Waals surface area contributed by atoms with Gasteiger partial charge in [-0.25, -0.2) is 0 Å². The highest BCUT2D eigenvalue weighted by Gasteiger charge is 2.05. The van der Waals surface area contributed by atoms with Crippen LogP contribution in [0.5, 0.6) is 0 Å². The van der Waals surface area contributed by atoms with Crippen LogP contribution < -0.4 is 5.73 Å².